The maximum atomic E-state index is 6.76. The van der Waals surface area contributed by atoms with Crippen LogP contribution in [0.1, 0.15) is 0 Å². The Kier molecular flexibility index (Phi) is 5.54. The van der Waals surface area contributed by atoms with Crippen molar-refractivity contribution in [2.45, 2.75) is 0 Å². The minimum absolute atomic E-state index is 0.840. The van der Waals surface area contributed by atoms with Crippen LogP contribution in [0.3, 0.4) is 0 Å². The Balaban J connectivity index is 1.42. The first-order valence-electron chi connectivity index (χ1n) is 15.0. The van der Waals surface area contributed by atoms with E-state index in [0.717, 1.165) is 39.4 Å². The summed E-state index contributed by atoms with van der Waals surface area (Å²) in [5.74, 6) is 1.68. The average Bonchev–Trinajstić information content (AvgIpc) is 3.42. The smallest absolute Gasteiger partial charge is 0.135 e. The minimum atomic E-state index is 0.840. The molecule has 2 heteroatoms. The Morgan fingerprint density at radius 3 is 1.25 bits per heavy atom. The van der Waals surface area contributed by atoms with Crippen molar-refractivity contribution in [2.24, 2.45) is 0 Å². The molecule has 0 fully saturated rings. The Labute approximate surface area is 256 Å². The van der Waals surface area contributed by atoms with E-state index in [0.29, 0.717) is 0 Å². The Bertz CT molecular complexity index is 2320. The van der Waals surface area contributed by atoms with Crippen molar-refractivity contribution in [3.8, 4) is 61.7 Å². The number of hydrogen-bond donors (Lipinski definition) is 0. The summed E-state index contributed by atoms with van der Waals surface area (Å²) in [6.07, 6.45) is 0. The van der Waals surface area contributed by atoms with Gasteiger partial charge in [-0.3, -0.25) is 0 Å². The lowest BCUT2D eigenvalue weighted by atomic mass is 9.86. The van der Waals surface area contributed by atoms with Crippen LogP contribution in [0.15, 0.2) is 164 Å². The molecule has 0 bridgehead atoms. The number of aromatic nitrogens is 1. The van der Waals surface area contributed by atoms with Gasteiger partial charge in [0.2, 0.25) is 0 Å². The summed E-state index contributed by atoms with van der Waals surface area (Å²) in [4.78, 5) is 0. The SMILES string of the molecule is c1ccc2c(c1)Oc1ccccc1-c1ccccc1-c1cc(-n3c4ccccc4c4ccccc43)ccc1-c1ccccc1-2. The van der Waals surface area contributed by atoms with E-state index in [1.165, 1.54) is 44.1 Å². The highest BCUT2D eigenvalue weighted by Crippen LogP contribution is 2.48. The van der Waals surface area contributed by atoms with Gasteiger partial charge in [-0.1, -0.05) is 127 Å². The standard InChI is InChI=1S/C42H27NO/c1-2-14-30-29(13-1)33-26-25-28(43-39-21-9-5-17-34(39)35-18-6-10-22-40(35)43)27-38(33)32-16-4-3-15-31(32)37-20-8-12-24-42(37)44-41-23-11-7-19-36(30)41/h1-27H. The molecule has 1 aliphatic rings. The van der Waals surface area contributed by atoms with E-state index in [4.69, 9.17) is 4.74 Å². The average molecular weight is 562 g/mol. The molecule has 9 rings (SSSR count). The molecule has 206 valence electrons. The Morgan fingerprint density at radius 1 is 0.318 bits per heavy atom. The van der Waals surface area contributed by atoms with Gasteiger partial charge in [0.1, 0.15) is 11.5 Å². The zero-order valence-corrected chi connectivity index (χ0v) is 23.9. The number of benzene rings is 7. The van der Waals surface area contributed by atoms with Crippen molar-refractivity contribution >= 4 is 21.8 Å². The third-order valence-electron chi connectivity index (χ3n) is 8.85. The van der Waals surface area contributed by atoms with Gasteiger partial charge in [-0.25, -0.2) is 0 Å². The lowest BCUT2D eigenvalue weighted by Gasteiger charge is -2.19. The summed E-state index contributed by atoms with van der Waals surface area (Å²) in [6.45, 7) is 0. The van der Waals surface area contributed by atoms with Crippen LogP contribution in [0.2, 0.25) is 0 Å². The molecule has 2 nitrogen and oxygen atoms in total. The maximum absolute atomic E-state index is 6.76. The summed E-state index contributed by atoms with van der Waals surface area (Å²) in [7, 11) is 0. The fourth-order valence-electron chi connectivity index (χ4n) is 6.91. The Hall–Kier alpha value is -5.86. The summed E-state index contributed by atoms with van der Waals surface area (Å²) < 4.78 is 9.16. The molecule has 1 aliphatic heterocycles. The first-order chi connectivity index (χ1) is 21.8. The van der Waals surface area contributed by atoms with E-state index < -0.39 is 0 Å². The maximum Gasteiger partial charge on any atom is 0.135 e. The minimum Gasteiger partial charge on any atom is -0.456 e. The molecule has 0 spiro atoms. The number of fused-ring (bicyclic) bond motifs is 12. The van der Waals surface area contributed by atoms with E-state index in [-0.39, 0.29) is 0 Å². The zero-order valence-electron chi connectivity index (χ0n) is 23.9. The van der Waals surface area contributed by atoms with Crippen LogP contribution in [0.25, 0.3) is 72.0 Å². The lowest BCUT2D eigenvalue weighted by molar-refractivity contribution is 0.486. The van der Waals surface area contributed by atoms with Gasteiger partial charge < -0.3 is 9.30 Å². The fraction of sp³-hybridized carbons (Fsp3) is 0. The number of para-hydroxylation sites is 4. The Morgan fingerprint density at radius 2 is 0.705 bits per heavy atom. The first-order valence-corrected chi connectivity index (χ1v) is 15.0. The molecule has 7 aromatic carbocycles. The molecule has 44 heavy (non-hydrogen) atoms. The van der Waals surface area contributed by atoms with Gasteiger partial charge in [0, 0.05) is 27.6 Å². The highest BCUT2D eigenvalue weighted by atomic mass is 16.5. The second kappa shape index (κ2) is 9.86. The van der Waals surface area contributed by atoms with Crippen LogP contribution in [0, 0.1) is 0 Å². The summed E-state index contributed by atoms with van der Waals surface area (Å²) in [5, 5.41) is 2.51. The van der Waals surface area contributed by atoms with E-state index in [9.17, 15) is 0 Å². The second-order valence-corrected chi connectivity index (χ2v) is 11.3. The highest BCUT2D eigenvalue weighted by Gasteiger charge is 2.22. The van der Waals surface area contributed by atoms with Crippen molar-refractivity contribution in [1.82, 2.24) is 4.57 Å². The molecule has 0 N–H and O–H groups in total. The van der Waals surface area contributed by atoms with Gasteiger partial charge in [-0.15, -0.1) is 0 Å². The second-order valence-electron chi connectivity index (χ2n) is 11.3. The third kappa shape index (κ3) is 3.75. The van der Waals surface area contributed by atoms with Crippen molar-refractivity contribution in [3.05, 3.63) is 164 Å². The molecule has 2 heterocycles. The van der Waals surface area contributed by atoms with Crippen LogP contribution >= 0.6 is 0 Å². The van der Waals surface area contributed by atoms with Crippen LogP contribution in [-0.2, 0) is 0 Å². The van der Waals surface area contributed by atoms with E-state index in [2.05, 4.69) is 156 Å². The monoisotopic (exact) mass is 561 g/mol. The lowest BCUT2D eigenvalue weighted by Crippen LogP contribution is -1.97. The van der Waals surface area contributed by atoms with E-state index in [1.54, 1.807) is 0 Å². The molecule has 0 saturated heterocycles. The number of hydrogen-bond acceptors (Lipinski definition) is 1. The van der Waals surface area contributed by atoms with Gasteiger partial charge >= 0.3 is 0 Å². The molecule has 0 amide bonds. The number of ether oxygens (including phenoxy) is 1. The summed E-state index contributed by atoms with van der Waals surface area (Å²) in [6, 6.07) is 58.5. The van der Waals surface area contributed by atoms with E-state index in [1.807, 2.05) is 12.1 Å². The molecule has 0 saturated carbocycles. The summed E-state index contributed by atoms with van der Waals surface area (Å²) >= 11 is 0. The van der Waals surface area contributed by atoms with Gasteiger partial charge in [0.05, 0.1) is 11.0 Å². The molecule has 0 aliphatic carbocycles. The molecular weight excluding hydrogens is 534 g/mol. The molecule has 1 aromatic heterocycles. The quantitative estimate of drug-likeness (QED) is 0.194. The molecular formula is C42H27NO. The molecule has 0 atom stereocenters. The summed E-state index contributed by atoms with van der Waals surface area (Å²) in [5.41, 5.74) is 12.7. The molecule has 0 unspecified atom stereocenters. The fourth-order valence-corrected chi connectivity index (χ4v) is 6.91. The van der Waals surface area contributed by atoms with Crippen LogP contribution in [0.4, 0.5) is 0 Å². The predicted molar refractivity (Wildman–Crippen MR) is 183 cm³/mol. The topological polar surface area (TPSA) is 14.2 Å². The van der Waals surface area contributed by atoms with Crippen molar-refractivity contribution in [2.75, 3.05) is 0 Å². The van der Waals surface area contributed by atoms with Gasteiger partial charge in [-0.2, -0.15) is 0 Å². The zero-order chi connectivity index (χ0) is 29.0. The number of nitrogens with zero attached hydrogens (tertiary/aromatic N) is 1. The third-order valence-corrected chi connectivity index (χ3v) is 8.85. The van der Waals surface area contributed by atoms with Crippen molar-refractivity contribution in [1.29, 1.82) is 0 Å². The largest absolute Gasteiger partial charge is 0.456 e. The molecule has 8 aromatic rings. The van der Waals surface area contributed by atoms with Crippen LogP contribution < -0.4 is 4.74 Å². The van der Waals surface area contributed by atoms with Gasteiger partial charge in [0.25, 0.3) is 0 Å². The van der Waals surface area contributed by atoms with Crippen molar-refractivity contribution in [3.63, 3.8) is 0 Å². The highest BCUT2D eigenvalue weighted by molar-refractivity contribution is 6.09. The van der Waals surface area contributed by atoms with Gasteiger partial charge in [0.15, 0.2) is 0 Å². The normalized spacial score (nSPS) is 11.8. The van der Waals surface area contributed by atoms with Crippen LogP contribution in [0.5, 0.6) is 11.5 Å². The van der Waals surface area contributed by atoms with Gasteiger partial charge in [-0.05, 0) is 69.8 Å². The molecule has 0 radical (unpaired) electrons. The first kappa shape index (κ1) is 24.7. The van der Waals surface area contributed by atoms with Crippen molar-refractivity contribution < 1.29 is 4.74 Å². The van der Waals surface area contributed by atoms with Crippen LogP contribution in [-0.4, -0.2) is 4.57 Å². The number of rotatable bonds is 1. The van der Waals surface area contributed by atoms with E-state index >= 15 is 0 Å². The predicted octanol–water partition coefficient (Wildman–Crippen LogP) is 11.6.